The molecule has 1 unspecified atom stereocenters. The summed E-state index contributed by atoms with van der Waals surface area (Å²) in [6.45, 7) is 1.53. The van der Waals surface area contributed by atoms with Gasteiger partial charge in [-0.25, -0.2) is 13.4 Å². The van der Waals surface area contributed by atoms with Crippen LogP contribution in [-0.4, -0.2) is 50.1 Å². The van der Waals surface area contributed by atoms with E-state index in [0.29, 0.717) is 11.4 Å². The minimum Gasteiger partial charge on any atom is -0.325 e. The molecular weight excluding hydrogens is 306 g/mol. The smallest absolute Gasteiger partial charge is 0.261 e. The largest absolute Gasteiger partial charge is 0.325 e. The molecule has 1 aliphatic heterocycles. The number of aliphatic imine (C=N–C) groups is 1. The van der Waals surface area contributed by atoms with Gasteiger partial charge in [0.15, 0.2) is 0 Å². The van der Waals surface area contributed by atoms with Crippen molar-refractivity contribution in [1.29, 1.82) is 0 Å². The number of rotatable bonds is 3. The number of allylic oxidation sites excluding steroid dienone is 3. The van der Waals surface area contributed by atoms with Crippen molar-refractivity contribution in [3.8, 4) is 0 Å². The molecule has 22 heavy (non-hydrogen) atoms. The molecule has 0 aromatic heterocycles. The van der Waals surface area contributed by atoms with Crippen LogP contribution in [0.2, 0.25) is 0 Å². The van der Waals surface area contributed by atoms with Gasteiger partial charge in [-0.1, -0.05) is 11.6 Å². The van der Waals surface area contributed by atoms with Crippen LogP contribution in [0.25, 0.3) is 0 Å². The molecule has 0 bridgehead atoms. The van der Waals surface area contributed by atoms with Crippen molar-refractivity contribution in [2.45, 2.75) is 6.92 Å². The summed E-state index contributed by atoms with van der Waals surface area (Å²) in [6.07, 6.45) is 7.69. The molecule has 1 N–H and O–H groups in total. The Morgan fingerprint density at radius 1 is 1.41 bits per heavy atom. The van der Waals surface area contributed by atoms with E-state index >= 15 is 0 Å². The molecule has 0 saturated carbocycles. The molecule has 1 aliphatic carbocycles. The van der Waals surface area contributed by atoms with Gasteiger partial charge in [0.25, 0.3) is 5.91 Å². The molecule has 118 valence electrons. The monoisotopic (exact) mass is 323 g/mol. The van der Waals surface area contributed by atoms with Gasteiger partial charge in [-0.3, -0.25) is 9.59 Å². The number of carbonyl (C=O) groups excluding carboxylic acids is 2. The van der Waals surface area contributed by atoms with Crippen LogP contribution >= 0.6 is 0 Å². The molecule has 2 aliphatic rings. The lowest BCUT2D eigenvalue weighted by Gasteiger charge is -2.25. The summed E-state index contributed by atoms with van der Waals surface area (Å²) in [5.74, 6) is -0.805. The highest BCUT2D eigenvalue weighted by Gasteiger charge is 2.24. The van der Waals surface area contributed by atoms with Crippen molar-refractivity contribution in [1.82, 2.24) is 9.62 Å². The zero-order chi connectivity index (χ0) is 16.5. The van der Waals surface area contributed by atoms with E-state index in [2.05, 4.69) is 10.3 Å². The Balaban J connectivity index is 2.15. The fraction of sp³-hybridized carbons (Fsp3) is 0.357. The SMILES string of the molecule is CC1=CC(=O)NC2=CC(=NC(=O)CN(C)S(C)(=O)=O)C=CC12. The van der Waals surface area contributed by atoms with E-state index in [1.807, 2.05) is 13.0 Å². The third-order valence-electron chi connectivity index (χ3n) is 3.39. The number of carbonyl (C=O) groups is 2. The molecule has 0 aromatic carbocycles. The fourth-order valence-electron chi connectivity index (χ4n) is 2.14. The van der Waals surface area contributed by atoms with E-state index in [-0.39, 0.29) is 18.4 Å². The van der Waals surface area contributed by atoms with Gasteiger partial charge >= 0.3 is 0 Å². The maximum Gasteiger partial charge on any atom is 0.261 e. The minimum absolute atomic E-state index is 0.0227. The Kier molecular flexibility index (Phi) is 4.43. The van der Waals surface area contributed by atoms with E-state index in [1.54, 1.807) is 12.2 Å². The van der Waals surface area contributed by atoms with Crippen molar-refractivity contribution < 1.29 is 18.0 Å². The van der Waals surface area contributed by atoms with Crippen LogP contribution in [0.4, 0.5) is 0 Å². The van der Waals surface area contributed by atoms with Gasteiger partial charge in [-0.15, -0.1) is 0 Å². The van der Waals surface area contributed by atoms with E-state index in [9.17, 15) is 18.0 Å². The van der Waals surface area contributed by atoms with Gasteiger partial charge in [0.1, 0.15) is 0 Å². The minimum atomic E-state index is -3.43. The highest BCUT2D eigenvalue weighted by molar-refractivity contribution is 7.88. The van der Waals surface area contributed by atoms with Gasteiger partial charge in [0.05, 0.1) is 18.5 Å². The zero-order valence-corrected chi connectivity index (χ0v) is 13.3. The van der Waals surface area contributed by atoms with Gasteiger partial charge in [-0.2, -0.15) is 4.31 Å². The van der Waals surface area contributed by atoms with E-state index in [4.69, 9.17) is 0 Å². The summed E-state index contributed by atoms with van der Waals surface area (Å²) in [4.78, 5) is 27.2. The second kappa shape index (κ2) is 5.98. The first-order valence-corrected chi connectivity index (χ1v) is 8.43. The fourth-order valence-corrected chi connectivity index (χ4v) is 2.48. The average molecular weight is 323 g/mol. The van der Waals surface area contributed by atoms with E-state index in [1.165, 1.54) is 13.1 Å². The van der Waals surface area contributed by atoms with E-state index in [0.717, 1.165) is 16.1 Å². The van der Waals surface area contributed by atoms with Gasteiger partial charge in [-0.05, 0) is 19.1 Å². The topological polar surface area (TPSA) is 95.9 Å². The molecule has 0 spiro atoms. The number of nitrogens with one attached hydrogen (secondary N) is 1. The molecule has 1 heterocycles. The third kappa shape index (κ3) is 3.77. The predicted molar refractivity (Wildman–Crippen MR) is 82.5 cm³/mol. The summed E-state index contributed by atoms with van der Waals surface area (Å²) in [5, 5.41) is 2.71. The zero-order valence-electron chi connectivity index (χ0n) is 12.5. The normalized spacial score (nSPS) is 23.0. The maximum atomic E-state index is 11.8. The number of nitrogens with zero attached hydrogens (tertiary/aromatic N) is 2. The molecule has 1 atom stereocenters. The second-order valence-corrected chi connectivity index (χ2v) is 7.35. The van der Waals surface area contributed by atoms with Crippen LogP contribution in [0, 0.1) is 5.92 Å². The van der Waals surface area contributed by atoms with E-state index < -0.39 is 15.9 Å². The number of amides is 2. The lowest BCUT2D eigenvalue weighted by molar-refractivity contribution is -0.118. The van der Waals surface area contributed by atoms with Crippen molar-refractivity contribution in [2.24, 2.45) is 10.9 Å². The molecule has 0 saturated heterocycles. The average Bonchev–Trinajstić information content (AvgIpc) is 2.36. The van der Waals surface area contributed by atoms with Crippen LogP contribution in [0.5, 0.6) is 0 Å². The first-order valence-electron chi connectivity index (χ1n) is 6.58. The Labute approximate surface area is 129 Å². The second-order valence-electron chi connectivity index (χ2n) is 5.26. The molecule has 7 nitrogen and oxygen atoms in total. The molecular formula is C14H17N3O4S. The van der Waals surface area contributed by atoms with Crippen LogP contribution < -0.4 is 5.32 Å². The summed E-state index contributed by atoms with van der Waals surface area (Å²) in [7, 11) is -2.11. The summed E-state index contributed by atoms with van der Waals surface area (Å²) in [5.41, 5.74) is 1.96. The van der Waals surface area contributed by atoms with Crippen molar-refractivity contribution >= 4 is 27.5 Å². The van der Waals surface area contributed by atoms with Crippen LogP contribution in [0.3, 0.4) is 0 Å². The maximum absolute atomic E-state index is 11.8. The van der Waals surface area contributed by atoms with Crippen molar-refractivity contribution in [2.75, 3.05) is 19.8 Å². The van der Waals surface area contributed by atoms with Gasteiger partial charge in [0.2, 0.25) is 15.9 Å². The standard InChI is InChI=1S/C14H17N3O4S/c1-9-6-13(18)16-12-7-10(4-5-11(9)12)15-14(19)8-17(2)22(3,20)21/h4-7,11H,8H2,1-3H3,(H,16,18). The third-order valence-corrected chi connectivity index (χ3v) is 4.65. The molecule has 2 rings (SSSR count). The number of likely N-dealkylation sites (N-methyl/N-ethyl adjacent to an activating group) is 1. The van der Waals surface area contributed by atoms with Crippen LogP contribution in [0.15, 0.2) is 40.6 Å². The molecule has 0 radical (unpaired) electrons. The quantitative estimate of drug-likeness (QED) is 0.790. The number of fused-ring (bicyclic) bond motifs is 1. The molecule has 8 heteroatoms. The lowest BCUT2D eigenvalue weighted by atomic mass is 9.89. The Morgan fingerprint density at radius 3 is 2.73 bits per heavy atom. The van der Waals surface area contributed by atoms with Crippen LogP contribution in [-0.2, 0) is 19.6 Å². The number of hydrogen-bond acceptors (Lipinski definition) is 4. The Morgan fingerprint density at radius 2 is 2.09 bits per heavy atom. The summed E-state index contributed by atoms with van der Waals surface area (Å²) >= 11 is 0. The highest BCUT2D eigenvalue weighted by Crippen LogP contribution is 2.26. The number of hydrogen-bond donors (Lipinski definition) is 1. The van der Waals surface area contributed by atoms with Gasteiger partial charge in [0, 0.05) is 24.7 Å². The highest BCUT2D eigenvalue weighted by atomic mass is 32.2. The predicted octanol–water partition coefficient (Wildman–Crippen LogP) is -0.00860. The summed E-state index contributed by atoms with van der Waals surface area (Å²) < 4.78 is 23.5. The van der Waals surface area contributed by atoms with Crippen molar-refractivity contribution in [3.63, 3.8) is 0 Å². The van der Waals surface area contributed by atoms with Crippen molar-refractivity contribution in [3.05, 3.63) is 35.6 Å². The van der Waals surface area contributed by atoms with Crippen LogP contribution in [0.1, 0.15) is 6.92 Å². The Bertz CT molecular complexity index is 744. The molecule has 0 aromatic rings. The first-order chi connectivity index (χ1) is 10.2. The number of sulfonamides is 1. The first kappa shape index (κ1) is 16.3. The summed E-state index contributed by atoms with van der Waals surface area (Å²) in [6, 6.07) is 0. The molecule has 2 amide bonds. The lowest BCUT2D eigenvalue weighted by Crippen LogP contribution is -2.33. The molecule has 0 fully saturated rings. The Hall–Kier alpha value is -2.06. The van der Waals surface area contributed by atoms with Gasteiger partial charge < -0.3 is 5.32 Å².